The zero-order chi connectivity index (χ0) is 12.0. The van der Waals surface area contributed by atoms with Gasteiger partial charge >= 0.3 is 0 Å². The molecule has 0 aromatic carbocycles. The Hall–Kier alpha value is -1.43. The molecule has 6 heteroatoms. The number of aryl methyl sites for hydroxylation is 1. The highest BCUT2D eigenvalue weighted by molar-refractivity contribution is 5.90. The zero-order valence-electron chi connectivity index (χ0n) is 10.1. The number of H-pyrrole nitrogens is 1. The maximum atomic E-state index is 11.6. The summed E-state index contributed by atoms with van der Waals surface area (Å²) < 4.78 is 0. The molecule has 1 heterocycles. The lowest BCUT2D eigenvalue weighted by atomic mass is 10.4. The first-order valence-electron chi connectivity index (χ1n) is 5.55. The molecule has 0 saturated heterocycles. The molecule has 16 heavy (non-hydrogen) atoms. The van der Waals surface area contributed by atoms with E-state index in [1.807, 2.05) is 14.0 Å². The first-order chi connectivity index (χ1) is 7.67. The molecule has 0 aliphatic heterocycles. The number of carbonyl (C=O) groups is 1. The number of nitrogens with one attached hydrogen (secondary N) is 2. The van der Waals surface area contributed by atoms with Crippen LogP contribution in [0.15, 0.2) is 0 Å². The van der Waals surface area contributed by atoms with Gasteiger partial charge in [-0.1, -0.05) is 13.8 Å². The average Bonchev–Trinajstić information content (AvgIpc) is 2.77. The zero-order valence-corrected chi connectivity index (χ0v) is 10.1. The molecule has 0 atom stereocenters. The van der Waals surface area contributed by atoms with Gasteiger partial charge in [-0.2, -0.15) is 0 Å². The summed E-state index contributed by atoms with van der Waals surface area (Å²) in [6.45, 7) is 6.44. The van der Waals surface area contributed by atoms with E-state index in [2.05, 4.69) is 32.3 Å². The monoisotopic (exact) mass is 225 g/mol. The van der Waals surface area contributed by atoms with Crippen LogP contribution in [-0.2, 0) is 6.42 Å². The predicted molar refractivity (Wildman–Crippen MR) is 61.3 cm³/mol. The molecule has 1 rings (SSSR count). The number of aromatic nitrogens is 3. The summed E-state index contributed by atoms with van der Waals surface area (Å²) in [5.74, 6) is 0.729. The van der Waals surface area contributed by atoms with Gasteiger partial charge in [-0.05, 0) is 13.6 Å². The summed E-state index contributed by atoms with van der Waals surface area (Å²) in [4.78, 5) is 17.7. The van der Waals surface area contributed by atoms with Crippen LogP contribution in [0.4, 0.5) is 0 Å². The van der Waals surface area contributed by atoms with Crippen molar-refractivity contribution in [3.63, 3.8) is 0 Å². The van der Waals surface area contributed by atoms with E-state index in [0.717, 1.165) is 25.3 Å². The lowest BCUT2D eigenvalue weighted by molar-refractivity contribution is 0.0940. The Balaban J connectivity index is 2.35. The maximum absolute atomic E-state index is 11.6. The van der Waals surface area contributed by atoms with Crippen LogP contribution in [0.25, 0.3) is 0 Å². The van der Waals surface area contributed by atoms with Gasteiger partial charge in [-0.25, -0.2) is 4.98 Å². The Morgan fingerprint density at radius 2 is 2.25 bits per heavy atom. The van der Waals surface area contributed by atoms with E-state index in [4.69, 9.17) is 0 Å². The van der Waals surface area contributed by atoms with Crippen LogP contribution in [0, 0.1) is 0 Å². The molecule has 1 aromatic rings. The van der Waals surface area contributed by atoms with Gasteiger partial charge < -0.3 is 10.2 Å². The molecule has 1 aromatic heterocycles. The largest absolute Gasteiger partial charge is 0.348 e. The Kier molecular flexibility index (Phi) is 4.91. The minimum Gasteiger partial charge on any atom is -0.348 e. The van der Waals surface area contributed by atoms with Crippen LogP contribution >= 0.6 is 0 Å². The predicted octanol–water partition coefficient (Wildman–Crippen LogP) is 0.0486. The molecule has 0 spiro atoms. The van der Waals surface area contributed by atoms with E-state index in [1.165, 1.54) is 0 Å². The molecule has 0 aliphatic rings. The van der Waals surface area contributed by atoms with Crippen LogP contribution in [-0.4, -0.2) is 52.7 Å². The van der Waals surface area contributed by atoms with Crippen molar-refractivity contribution in [1.29, 1.82) is 0 Å². The molecule has 2 N–H and O–H groups in total. The number of nitrogens with zero attached hydrogens (tertiary/aromatic N) is 3. The van der Waals surface area contributed by atoms with Gasteiger partial charge in [-0.15, -0.1) is 5.10 Å². The van der Waals surface area contributed by atoms with Crippen LogP contribution in [0.2, 0.25) is 0 Å². The van der Waals surface area contributed by atoms with Crippen LogP contribution in [0.3, 0.4) is 0 Å². The van der Waals surface area contributed by atoms with Crippen molar-refractivity contribution in [3.8, 4) is 0 Å². The molecule has 1 amide bonds. The topological polar surface area (TPSA) is 73.9 Å². The molecule has 0 fully saturated rings. The summed E-state index contributed by atoms with van der Waals surface area (Å²) in [6, 6.07) is 0. The highest BCUT2D eigenvalue weighted by Crippen LogP contribution is 1.93. The molecular weight excluding hydrogens is 206 g/mol. The smallest absolute Gasteiger partial charge is 0.291 e. The third kappa shape index (κ3) is 3.62. The Morgan fingerprint density at radius 1 is 1.50 bits per heavy atom. The van der Waals surface area contributed by atoms with Crippen LogP contribution in [0.5, 0.6) is 0 Å². The minimum absolute atomic E-state index is 0.219. The molecule has 0 bridgehead atoms. The summed E-state index contributed by atoms with van der Waals surface area (Å²) in [5, 5.41) is 9.33. The second-order valence-corrected chi connectivity index (χ2v) is 3.61. The number of hydrogen-bond acceptors (Lipinski definition) is 4. The third-order valence-electron chi connectivity index (χ3n) is 2.39. The maximum Gasteiger partial charge on any atom is 0.291 e. The van der Waals surface area contributed by atoms with E-state index in [1.54, 1.807) is 0 Å². The molecular formula is C10H19N5O. The number of carbonyl (C=O) groups excluding carboxylic acids is 1. The van der Waals surface area contributed by atoms with Crippen molar-refractivity contribution in [1.82, 2.24) is 25.4 Å². The van der Waals surface area contributed by atoms with Gasteiger partial charge in [0.2, 0.25) is 5.82 Å². The lowest BCUT2D eigenvalue weighted by Gasteiger charge is -2.13. The van der Waals surface area contributed by atoms with Crippen LogP contribution < -0.4 is 5.32 Å². The Labute approximate surface area is 95.4 Å². The standard InChI is InChI=1S/C10H19N5O/c1-4-8-12-9(14-13-8)10(16)11-6-7-15(3)5-2/h4-7H2,1-3H3,(H,11,16)(H,12,13,14). The normalized spacial score (nSPS) is 10.8. The fourth-order valence-electron chi connectivity index (χ4n) is 1.15. The van der Waals surface area contributed by atoms with Crippen molar-refractivity contribution in [2.75, 3.05) is 26.7 Å². The Morgan fingerprint density at radius 3 is 2.81 bits per heavy atom. The lowest BCUT2D eigenvalue weighted by Crippen LogP contribution is -2.33. The summed E-state index contributed by atoms with van der Waals surface area (Å²) in [7, 11) is 2.01. The molecule has 0 radical (unpaired) electrons. The molecule has 6 nitrogen and oxygen atoms in total. The van der Waals surface area contributed by atoms with Crippen LogP contribution in [0.1, 0.15) is 30.3 Å². The minimum atomic E-state index is -0.222. The highest BCUT2D eigenvalue weighted by Gasteiger charge is 2.10. The quantitative estimate of drug-likeness (QED) is 0.717. The number of amides is 1. The first-order valence-corrected chi connectivity index (χ1v) is 5.55. The molecule has 0 saturated carbocycles. The highest BCUT2D eigenvalue weighted by atomic mass is 16.2. The molecule has 0 aliphatic carbocycles. The van der Waals surface area contributed by atoms with Gasteiger partial charge in [0, 0.05) is 19.5 Å². The first kappa shape index (κ1) is 12.6. The molecule has 0 unspecified atom stereocenters. The number of likely N-dealkylation sites (N-methyl/N-ethyl adjacent to an activating group) is 1. The van der Waals surface area contributed by atoms with E-state index >= 15 is 0 Å². The van der Waals surface area contributed by atoms with E-state index < -0.39 is 0 Å². The molecule has 90 valence electrons. The average molecular weight is 225 g/mol. The van der Waals surface area contributed by atoms with Crippen molar-refractivity contribution in [2.24, 2.45) is 0 Å². The number of aromatic amines is 1. The van der Waals surface area contributed by atoms with Crippen molar-refractivity contribution >= 4 is 5.91 Å². The summed E-state index contributed by atoms with van der Waals surface area (Å²) in [5.41, 5.74) is 0. The van der Waals surface area contributed by atoms with E-state index in [-0.39, 0.29) is 11.7 Å². The number of hydrogen-bond donors (Lipinski definition) is 2. The van der Waals surface area contributed by atoms with Gasteiger partial charge in [-0.3, -0.25) is 9.89 Å². The fraction of sp³-hybridized carbons (Fsp3) is 0.700. The van der Waals surface area contributed by atoms with E-state index in [9.17, 15) is 4.79 Å². The van der Waals surface area contributed by atoms with Gasteiger partial charge in [0.1, 0.15) is 5.82 Å². The van der Waals surface area contributed by atoms with Crippen molar-refractivity contribution < 1.29 is 4.79 Å². The fourth-order valence-corrected chi connectivity index (χ4v) is 1.15. The van der Waals surface area contributed by atoms with E-state index in [0.29, 0.717) is 6.54 Å². The number of rotatable bonds is 6. The summed E-state index contributed by atoms with van der Waals surface area (Å²) in [6.07, 6.45) is 0.749. The second-order valence-electron chi connectivity index (χ2n) is 3.61. The third-order valence-corrected chi connectivity index (χ3v) is 2.39. The van der Waals surface area contributed by atoms with Gasteiger partial charge in [0.05, 0.1) is 0 Å². The Bertz CT molecular complexity index is 336. The van der Waals surface area contributed by atoms with Crippen molar-refractivity contribution in [2.45, 2.75) is 20.3 Å². The summed E-state index contributed by atoms with van der Waals surface area (Å²) >= 11 is 0. The second kappa shape index (κ2) is 6.22. The van der Waals surface area contributed by atoms with Gasteiger partial charge in [0.15, 0.2) is 0 Å². The van der Waals surface area contributed by atoms with Crippen molar-refractivity contribution in [3.05, 3.63) is 11.6 Å². The SMILES string of the molecule is CCc1nc(C(=O)NCCN(C)CC)n[nH]1. The van der Waals surface area contributed by atoms with Gasteiger partial charge in [0.25, 0.3) is 5.91 Å².